The van der Waals surface area contributed by atoms with E-state index in [1.807, 2.05) is 33.0 Å². The Bertz CT molecular complexity index is 356. The number of hydrogen-bond acceptors (Lipinski definition) is 4. The van der Waals surface area contributed by atoms with Gasteiger partial charge in [-0.05, 0) is 6.42 Å². The minimum atomic E-state index is -0.278. The lowest BCUT2D eigenvalue weighted by Crippen LogP contribution is -2.63. The molecule has 102 valence electrons. The summed E-state index contributed by atoms with van der Waals surface area (Å²) in [6.07, 6.45) is 0.754. The normalized spacial score (nSPS) is 25.2. The fourth-order valence-electron chi connectivity index (χ4n) is 2.61. The van der Waals surface area contributed by atoms with Crippen LogP contribution in [0.2, 0.25) is 0 Å². The lowest BCUT2D eigenvalue weighted by Gasteiger charge is -2.43. The second kappa shape index (κ2) is 4.85. The fraction of sp³-hybridized carbons (Fsp3) is 0.833. The van der Waals surface area contributed by atoms with E-state index in [0.717, 1.165) is 19.5 Å². The second-order valence-electron chi connectivity index (χ2n) is 5.41. The summed E-state index contributed by atoms with van der Waals surface area (Å²) in [4.78, 5) is 24.6. The molecule has 0 aromatic rings. The van der Waals surface area contributed by atoms with Crippen LogP contribution in [0.3, 0.4) is 0 Å². The number of fused-ring (bicyclic) bond motifs is 1. The van der Waals surface area contributed by atoms with Crippen molar-refractivity contribution in [2.75, 3.05) is 33.7 Å². The van der Waals surface area contributed by atoms with Gasteiger partial charge in [0.1, 0.15) is 6.04 Å². The molecule has 18 heavy (non-hydrogen) atoms. The van der Waals surface area contributed by atoms with Crippen LogP contribution >= 0.6 is 0 Å². The molecule has 0 aromatic heterocycles. The molecule has 2 aliphatic rings. The van der Waals surface area contributed by atoms with Gasteiger partial charge in [0.2, 0.25) is 0 Å². The molecule has 0 radical (unpaired) electrons. The molecule has 2 heterocycles. The summed E-state index contributed by atoms with van der Waals surface area (Å²) in [6, 6.07) is -0.358. The molecule has 2 aliphatic heterocycles. The molecule has 0 aliphatic carbocycles. The quantitative estimate of drug-likeness (QED) is 0.732. The first-order valence-corrected chi connectivity index (χ1v) is 6.50. The molecule has 0 N–H and O–H groups in total. The molecule has 0 unspecified atom stereocenters. The second-order valence-corrected chi connectivity index (χ2v) is 5.41. The van der Waals surface area contributed by atoms with Gasteiger partial charge in [-0.3, -0.25) is 9.80 Å². The van der Waals surface area contributed by atoms with Crippen LogP contribution in [0.5, 0.6) is 0 Å². The van der Waals surface area contributed by atoms with Crippen molar-refractivity contribution in [3.05, 3.63) is 0 Å². The SMILES string of the molecule is CC(C)C(=O)[C@@H]1CCN2CCN(N(C)C)C(=O)N12. The highest BCUT2D eigenvalue weighted by atomic mass is 16.2. The van der Waals surface area contributed by atoms with Crippen LogP contribution in [0.25, 0.3) is 0 Å². The summed E-state index contributed by atoms with van der Waals surface area (Å²) in [5.41, 5.74) is 0. The fourth-order valence-corrected chi connectivity index (χ4v) is 2.61. The van der Waals surface area contributed by atoms with E-state index >= 15 is 0 Å². The third-order valence-corrected chi connectivity index (χ3v) is 3.63. The highest BCUT2D eigenvalue weighted by molar-refractivity contribution is 5.90. The number of hydrogen-bond donors (Lipinski definition) is 0. The Kier molecular flexibility index (Phi) is 3.59. The number of carbonyl (C=O) groups excluding carboxylic acids is 2. The smallest absolute Gasteiger partial charge is 0.297 e. The topological polar surface area (TPSA) is 47.1 Å². The Morgan fingerprint density at radius 2 is 1.94 bits per heavy atom. The third-order valence-electron chi connectivity index (χ3n) is 3.63. The van der Waals surface area contributed by atoms with Crippen LogP contribution in [-0.4, -0.2) is 71.6 Å². The Labute approximate surface area is 108 Å². The molecule has 0 saturated carbocycles. The number of hydrazine groups is 2. The van der Waals surface area contributed by atoms with Gasteiger partial charge in [-0.25, -0.2) is 19.8 Å². The van der Waals surface area contributed by atoms with Crippen molar-refractivity contribution in [1.82, 2.24) is 20.0 Å². The van der Waals surface area contributed by atoms with E-state index in [9.17, 15) is 9.59 Å². The number of carbonyl (C=O) groups is 2. The summed E-state index contributed by atoms with van der Waals surface area (Å²) in [5.74, 6) is 0.129. The van der Waals surface area contributed by atoms with Gasteiger partial charge in [-0.2, -0.15) is 0 Å². The zero-order chi connectivity index (χ0) is 13.4. The molecule has 6 heteroatoms. The van der Waals surface area contributed by atoms with Crippen LogP contribution in [0.4, 0.5) is 4.79 Å². The summed E-state index contributed by atoms with van der Waals surface area (Å²) >= 11 is 0. The molecule has 1 atom stereocenters. The van der Waals surface area contributed by atoms with Crippen LogP contribution in [0.15, 0.2) is 0 Å². The molecule has 2 saturated heterocycles. The first-order chi connectivity index (χ1) is 8.43. The Balaban J connectivity index is 2.18. The summed E-state index contributed by atoms with van der Waals surface area (Å²) in [7, 11) is 3.70. The average Bonchev–Trinajstić information content (AvgIpc) is 2.72. The van der Waals surface area contributed by atoms with Crippen molar-refractivity contribution < 1.29 is 9.59 Å². The van der Waals surface area contributed by atoms with Crippen LogP contribution in [0, 0.1) is 5.92 Å². The van der Waals surface area contributed by atoms with E-state index in [0.29, 0.717) is 6.54 Å². The number of nitrogens with zero attached hydrogens (tertiary/aromatic N) is 4. The molecule has 6 nitrogen and oxygen atoms in total. The standard InChI is InChI=1S/C12H22N4O2/c1-9(2)11(17)10-5-6-14-7-8-15(13(3)4)12(18)16(10)14/h9-10H,5-8H2,1-4H3/t10-/m0/s1. The zero-order valence-corrected chi connectivity index (χ0v) is 11.6. The molecule has 0 bridgehead atoms. The van der Waals surface area contributed by atoms with Crippen LogP contribution in [0.1, 0.15) is 20.3 Å². The molecule has 2 amide bonds. The third kappa shape index (κ3) is 2.10. The minimum Gasteiger partial charge on any atom is -0.297 e. The number of rotatable bonds is 3. The molecular weight excluding hydrogens is 232 g/mol. The van der Waals surface area contributed by atoms with Gasteiger partial charge in [0, 0.05) is 33.1 Å². The van der Waals surface area contributed by atoms with Gasteiger partial charge in [0.15, 0.2) is 5.78 Å². The maximum atomic E-state index is 12.4. The summed E-state index contributed by atoms with van der Waals surface area (Å²) in [5, 5.41) is 7.14. The van der Waals surface area contributed by atoms with Crippen molar-refractivity contribution in [2.45, 2.75) is 26.3 Å². The van der Waals surface area contributed by atoms with Crippen molar-refractivity contribution in [3.8, 4) is 0 Å². The monoisotopic (exact) mass is 254 g/mol. The molecule has 0 spiro atoms. The molecule has 0 aromatic carbocycles. The number of ketones is 1. The van der Waals surface area contributed by atoms with Gasteiger partial charge in [-0.1, -0.05) is 13.8 Å². The van der Waals surface area contributed by atoms with Gasteiger partial charge < -0.3 is 0 Å². The number of urea groups is 1. The Hall–Kier alpha value is -1.14. The van der Waals surface area contributed by atoms with Gasteiger partial charge >= 0.3 is 6.03 Å². The predicted octanol–water partition coefficient (Wildman–Crippen LogP) is 0.415. The highest BCUT2D eigenvalue weighted by Crippen LogP contribution is 2.26. The van der Waals surface area contributed by atoms with Crippen molar-refractivity contribution >= 4 is 11.8 Å². The van der Waals surface area contributed by atoms with Gasteiger partial charge in [0.25, 0.3) is 0 Å². The lowest BCUT2D eigenvalue weighted by molar-refractivity contribution is -0.132. The Morgan fingerprint density at radius 3 is 2.50 bits per heavy atom. The van der Waals surface area contributed by atoms with Crippen molar-refractivity contribution in [2.24, 2.45) is 5.92 Å². The molecule has 2 fully saturated rings. The molecular formula is C12H22N4O2. The first-order valence-electron chi connectivity index (χ1n) is 6.50. The maximum Gasteiger partial charge on any atom is 0.349 e. The average molecular weight is 254 g/mol. The van der Waals surface area contributed by atoms with Crippen molar-refractivity contribution in [3.63, 3.8) is 0 Å². The highest BCUT2D eigenvalue weighted by Gasteiger charge is 2.45. The lowest BCUT2D eigenvalue weighted by atomic mass is 10.00. The molecule has 2 rings (SSSR count). The van der Waals surface area contributed by atoms with E-state index in [4.69, 9.17) is 0 Å². The van der Waals surface area contributed by atoms with E-state index in [1.165, 1.54) is 0 Å². The largest absolute Gasteiger partial charge is 0.349 e. The number of Topliss-reactive ketones (excluding diaryl/α,β-unsaturated/α-hetero) is 1. The predicted molar refractivity (Wildman–Crippen MR) is 67.5 cm³/mol. The number of amides is 2. The van der Waals surface area contributed by atoms with E-state index in [2.05, 4.69) is 0 Å². The Morgan fingerprint density at radius 1 is 1.28 bits per heavy atom. The van der Waals surface area contributed by atoms with Gasteiger partial charge in [-0.15, -0.1) is 0 Å². The maximum absolute atomic E-state index is 12.4. The van der Waals surface area contributed by atoms with Crippen LogP contribution < -0.4 is 0 Å². The first kappa shape index (κ1) is 13.3. The van der Waals surface area contributed by atoms with E-state index in [1.54, 1.807) is 15.0 Å². The van der Waals surface area contributed by atoms with Crippen LogP contribution in [-0.2, 0) is 4.79 Å². The van der Waals surface area contributed by atoms with Gasteiger partial charge in [0.05, 0.1) is 6.54 Å². The van der Waals surface area contributed by atoms with E-state index < -0.39 is 0 Å². The minimum absolute atomic E-state index is 0.0301. The summed E-state index contributed by atoms with van der Waals surface area (Å²) in [6.45, 7) is 6.07. The summed E-state index contributed by atoms with van der Waals surface area (Å²) < 4.78 is 0. The van der Waals surface area contributed by atoms with Crippen molar-refractivity contribution in [1.29, 1.82) is 0 Å². The van der Waals surface area contributed by atoms with E-state index in [-0.39, 0.29) is 23.8 Å². The zero-order valence-electron chi connectivity index (χ0n) is 11.6.